The molecule has 0 saturated carbocycles. The lowest BCUT2D eigenvalue weighted by molar-refractivity contribution is -0.125. The van der Waals surface area contributed by atoms with Crippen LogP contribution in [0.15, 0.2) is 0 Å². The minimum absolute atomic E-state index is 0.0601. The molecule has 3 nitrogen and oxygen atoms in total. The fourth-order valence-electron chi connectivity index (χ4n) is 2.35. The smallest absolute Gasteiger partial charge is 0.222 e. The highest BCUT2D eigenvalue weighted by molar-refractivity contribution is 5.78. The SMILES string of the molecule is CC(C)C(=O)N[C@@H]1CCCN(CCCCCF)C1. The average Bonchev–Trinajstić information content (AvgIpc) is 2.35. The molecule has 106 valence electrons. The summed E-state index contributed by atoms with van der Waals surface area (Å²) < 4.78 is 12.0. The fourth-order valence-corrected chi connectivity index (χ4v) is 2.35. The van der Waals surface area contributed by atoms with Crippen LogP contribution >= 0.6 is 0 Å². The van der Waals surface area contributed by atoms with Gasteiger partial charge in [0.15, 0.2) is 0 Å². The van der Waals surface area contributed by atoms with Gasteiger partial charge in [-0.3, -0.25) is 9.18 Å². The van der Waals surface area contributed by atoms with Crippen LogP contribution in [0.4, 0.5) is 4.39 Å². The van der Waals surface area contributed by atoms with Gasteiger partial charge < -0.3 is 10.2 Å². The Kier molecular flexibility index (Phi) is 7.25. The summed E-state index contributed by atoms with van der Waals surface area (Å²) in [4.78, 5) is 14.0. The lowest BCUT2D eigenvalue weighted by atomic mass is 10.0. The number of likely N-dealkylation sites (tertiary alicyclic amines) is 1. The summed E-state index contributed by atoms with van der Waals surface area (Å²) in [6, 6.07) is 0.301. The van der Waals surface area contributed by atoms with Crippen LogP contribution in [0.5, 0.6) is 0 Å². The normalized spacial score (nSPS) is 21.2. The number of unbranched alkanes of at least 4 members (excludes halogenated alkanes) is 2. The molecule has 18 heavy (non-hydrogen) atoms. The Hall–Kier alpha value is -0.640. The zero-order valence-corrected chi connectivity index (χ0v) is 11.8. The molecule has 1 saturated heterocycles. The number of hydrogen-bond acceptors (Lipinski definition) is 2. The molecule has 1 aliphatic heterocycles. The number of piperidine rings is 1. The topological polar surface area (TPSA) is 32.3 Å². The minimum Gasteiger partial charge on any atom is -0.352 e. The van der Waals surface area contributed by atoms with Crippen molar-refractivity contribution in [1.82, 2.24) is 10.2 Å². The number of carbonyl (C=O) groups excluding carboxylic acids is 1. The van der Waals surface area contributed by atoms with Crippen molar-refractivity contribution in [3.8, 4) is 0 Å². The molecular formula is C14H27FN2O. The van der Waals surface area contributed by atoms with E-state index in [-0.39, 0.29) is 18.5 Å². The molecule has 0 spiro atoms. The standard InChI is InChI=1S/C14H27FN2O/c1-12(2)14(18)16-13-7-6-10-17(11-13)9-5-3-4-8-15/h12-13H,3-11H2,1-2H3,(H,16,18)/t13-/m1/s1. The van der Waals surface area contributed by atoms with Crippen molar-refractivity contribution < 1.29 is 9.18 Å². The van der Waals surface area contributed by atoms with E-state index in [1.807, 2.05) is 13.8 Å². The van der Waals surface area contributed by atoms with Gasteiger partial charge in [-0.05, 0) is 45.2 Å². The van der Waals surface area contributed by atoms with Crippen molar-refractivity contribution in [3.63, 3.8) is 0 Å². The van der Waals surface area contributed by atoms with Crippen LogP contribution in [0.2, 0.25) is 0 Å². The van der Waals surface area contributed by atoms with Gasteiger partial charge in [0.05, 0.1) is 6.67 Å². The second-order valence-electron chi connectivity index (χ2n) is 5.55. The first-order valence-electron chi connectivity index (χ1n) is 7.22. The molecule has 0 aliphatic carbocycles. The first-order valence-corrected chi connectivity index (χ1v) is 7.22. The van der Waals surface area contributed by atoms with Crippen LogP contribution in [0.25, 0.3) is 0 Å². The number of nitrogens with one attached hydrogen (secondary N) is 1. The van der Waals surface area contributed by atoms with Crippen LogP contribution in [0.1, 0.15) is 46.0 Å². The number of amides is 1. The van der Waals surface area contributed by atoms with E-state index in [2.05, 4.69) is 10.2 Å². The molecule has 0 bridgehead atoms. The summed E-state index contributed by atoms with van der Waals surface area (Å²) in [6.45, 7) is 6.75. The molecule has 0 aromatic heterocycles. The molecule has 0 aromatic rings. The molecule has 1 N–H and O–H groups in total. The number of nitrogens with zero attached hydrogens (tertiary/aromatic N) is 1. The molecule has 1 fully saturated rings. The van der Waals surface area contributed by atoms with E-state index in [1.54, 1.807) is 0 Å². The highest BCUT2D eigenvalue weighted by Gasteiger charge is 2.21. The number of rotatable bonds is 7. The maximum absolute atomic E-state index is 12.0. The lowest BCUT2D eigenvalue weighted by Crippen LogP contribution is -2.48. The lowest BCUT2D eigenvalue weighted by Gasteiger charge is -2.33. The Balaban J connectivity index is 2.21. The summed E-state index contributed by atoms with van der Waals surface area (Å²) in [5.74, 6) is 0.212. The van der Waals surface area contributed by atoms with Crippen molar-refractivity contribution >= 4 is 5.91 Å². The molecular weight excluding hydrogens is 231 g/mol. The molecule has 0 radical (unpaired) electrons. The average molecular weight is 258 g/mol. The van der Waals surface area contributed by atoms with Crippen LogP contribution in [-0.2, 0) is 4.79 Å². The van der Waals surface area contributed by atoms with Gasteiger partial charge in [-0.15, -0.1) is 0 Å². The third kappa shape index (κ3) is 5.80. The largest absolute Gasteiger partial charge is 0.352 e. The molecule has 1 atom stereocenters. The Morgan fingerprint density at radius 3 is 2.83 bits per heavy atom. The third-order valence-electron chi connectivity index (χ3n) is 3.48. The highest BCUT2D eigenvalue weighted by atomic mass is 19.1. The number of hydrogen-bond donors (Lipinski definition) is 1. The zero-order chi connectivity index (χ0) is 13.4. The highest BCUT2D eigenvalue weighted by Crippen LogP contribution is 2.12. The monoisotopic (exact) mass is 258 g/mol. The van der Waals surface area contributed by atoms with Gasteiger partial charge in [-0.2, -0.15) is 0 Å². The van der Waals surface area contributed by atoms with Crippen molar-refractivity contribution in [2.24, 2.45) is 5.92 Å². The first-order chi connectivity index (χ1) is 8.63. The van der Waals surface area contributed by atoms with E-state index in [4.69, 9.17) is 0 Å². The zero-order valence-electron chi connectivity index (χ0n) is 11.8. The number of alkyl halides is 1. The van der Waals surface area contributed by atoms with Crippen LogP contribution < -0.4 is 5.32 Å². The summed E-state index contributed by atoms with van der Waals surface area (Å²) in [7, 11) is 0. The quantitative estimate of drug-likeness (QED) is 0.711. The van der Waals surface area contributed by atoms with Gasteiger partial charge in [0.25, 0.3) is 0 Å². The predicted molar refractivity (Wildman–Crippen MR) is 72.3 cm³/mol. The molecule has 1 heterocycles. The van der Waals surface area contributed by atoms with Gasteiger partial charge in [-0.1, -0.05) is 13.8 Å². The van der Waals surface area contributed by atoms with E-state index in [0.717, 1.165) is 45.3 Å². The molecule has 1 amide bonds. The maximum atomic E-state index is 12.0. The van der Waals surface area contributed by atoms with Crippen molar-refractivity contribution in [3.05, 3.63) is 0 Å². The van der Waals surface area contributed by atoms with Gasteiger partial charge in [0.2, 0.25) is 5.91 Å². The Labute approximate surface area is 110 Å². The third-order valence-corrected chi connectivity index (χ3v) is 3.48. The second-order valence-corrected chi connectivity index (χ2v) is 5.55. The van der Waals surface area contributed by atoms with Gasteiger partial charge in [0.1, 0.15) is 0 Å². The van der Waals surface area contributed by atoms with Gasteiger partial charge in [0, 0.05) is 18.5 Å². The van der Waals surface area contributed by atoms with E-state index in [0.29, 0.717) is 12.5 Å². The van der Waals surface area contributed by atoms with Crippen molar-refractivity contribution in [1.29, 1.82) is 0 Å². The van der Waals surface area contributed by atoms with Gasteiger partial charge in [-0.25, -0.2) is 0 Å². The summed E-state index contributed by atoms with van der Waals surface area (Å²) >= 11 is 0. The Morgan fingerprint density at radius 2 is 2.17 bits per heavy atom. The van der Waals surface area contributed by atoms with E-state index in [9.17, 15) is 9.18 Å². The first kappa shape index (κ1) is 15.4. The van der Waals surface area contributed by atoms with Crippen molar-refractivity contribution in [2.75, 3.05) is 26.3 Å². The fraction of sp³-hybridized carbons (Fsp3) is 0.929. The van der Waals surface area contributed by atoms with E-state index < -0.39 is 0 Å². The summed E-state index contributed by atoms with van der Waals surface area (Å²) in [5.41, 5.74) is 0. The molecule has 0 aromatic carbocycles. The van der Waals surface area contributed by atoms with Crippen molar-refractivity contribution in [2.45, 2.75) is 52.0 Å². The van der Waals surface area contributed by atoms with E-state index in [1.165, 1.54) is 0 Å². The summed E-state index contributed by atoms with van der Waals surface area (Å²) in [6.07, 6.45) is 4.94. The Morgan fingerprint density at radius 1 is 1.39 bits per heavy atom. The molecule has 1 aliphatic rings. The van der Waals surface area contributed by atoms with E-state index >= 15 is 0 Å². The van der Waals surface area contributed by atoms with Crippen LogP contribution in [0.3, 0.4) is 0 Å². The molecule has 4 heteroatoms. The maximum Gasteiger partial charge on any atom is 0.222 e. The molecule has 0 unspecified atom stereocenters. The van der Waals surface area contributed by atoms with Crippen LogP contribution in [-0.4, -0.2) is 43.2 Å². The number of carbonyl (C=O) groups is 1. The molecule has 1 rings (SSSR count). The minimum atomic E-state index is -0.201. The van der Waals surface area contributed by atoms with Gasteiger partial charge >= 0.3 is 0 Å². The predicted octanol–water partition coefficient (Wildman–Crippen LogP) is 2.36. The Bertz CT molecular complexity index is 246. The summed E-state index contributed by atoms with van der Waals surface area (Å²) in [5, 5.41) is 3.11. The van der Waals surface area contributed by atoms with Crippen LogP contribution in [0, 0.1) is 5.92 Å². The number of halogens is 1. The second kappa shape index (κ2) is 8.46.